The van der Waals surface area contributed by atoms with Crippen molar-refractivity contribution in [1.29, 1.82) is 0 Å². The van der Waals surface area contributed by atoms with Gasteiger partial charge in [0, 0.05) is 12.6 Å². The predicted molar refractivity (Wildman–Crippen MR) is 93.5 cm³/mol. The van der Waals surface area contributed by atoms with Crippen LogP contribution in [0.3, 0.4) is 0 Å². The summed E-state index contributed by atoms with van der Waals surface area (Å²) in [5, 5.41) is 10.3. The first kappa shape index (κ1) is 17.7. The Morgan fingerprint density at radius 3 is 2.29 bits per heavy atom. The van der Waals surface area contributed by atoms with Gasteiger partial charge in [-0.1, -0.05) is 54.2 Å². The van der Waals surface area contributed by atoms with Crippen molar-refractivity contribution in [3.05, 3.63) is 47.3 Å². The highest BCUT2D eigenvalue weighted by Gasteiger charge is 2.15. The molecule has 2 rings (SSSR count). The minimum atomic E-state index is -1.31. The minimum Gasteiger partial charge on any atom is -0.364 e. The average molecular weight is 346 g/mol. The molecule has 3 amide bonds. The van der Waals surface area contributed by atoms with E-state index in [-0.39, 0.29) is 18.3 Å². The summed E-state index contributed by atoms with van der Waals surface area (Å²) in [7, 11) is -1.31. The van der Waals surface area contributed by atoms with Gasteiger partial charge >= 0.3 is 6.03 Å². The summed E-state index contributed by atoms with van der Waals surface area (Å²) in [5.41, 5.74) is 6.14. The van der Waals surface area contributed by atoms with Crippen LogP contribution in [0.2, 0.25) is 19.6 Å². The molecule has 1 aromatic carbocycles. The van der Waals surface area contributed by atoms with Gasteiger partial charge < -0.3 is 20.9 Å². The standard InChI is InChI=1S/C16H22N4O3Si/c1-24(2,3)13-6-4-11(5-7-13)9-18-16(22)19-10-12-8-14(15(17)21)20-23-12/h4-8H,9-10H2,1-3H3,(H2,17,21)(H2,18,19,22). The summed E-state index contributed by atoms with van der Waals surface area (Å²) in [6, 6.07) is 9.38. The van der Waals surface area contributed by atoms with Gasteiger partial charge in [0.15, 0.2) is 11.5 Å². The van der Waals surface area contributed by atoms with Crippen molar-refractivity contribution in [1.82, 2.24) is 15.8 Å². The van der Waals surface area contributed by atoms with E-state index >= 15 is 0 Å². The SMILES string of the molecule is C[Si](C)(C)c1ccc(CNC(=O)NCc2cc(C(N)=O)no2)cc1. The van der Waals surface area contributed by atoms with Gasteiger partial charge in [-0.05, 0) is 5.56 Å². The number of carbonyl (C=O) groups is 2. The van der Waals surface area contributed by atoms with Gasteiger partial charge in [-0.25, -0.2) is 4.79 Å². The largest absolute Gasteiger partial charge is 0.364 e. The first-order valence-electron chi connectivity index (χ1n) is 7.62. The molecule has 4 N–H and O–H groups in total. The van der Waals surface area contributed by atoms with E-state index < -0.39 is 14.0 Å². The Morgan fingerprint density at radius 2 is 1.75 bits per heavy atom. The molecule has 0 aliphatic heterocycles. The lowest BCUT2D eigenvalue weighted by molar-refractivity contribution is 0.0991. The normalized spacial score (nSPS) is 11.1. The van der Waals surface area contributed by atoms with Gasteiger partial charge in [0.05, 0.1) is 14.6 Å². The predicted octanol–water partition coefficient (Wildman–Crippen LogP) is 1.32. The number of nitrogens with two attached hydrogens (primary N) is 1. The Labute approximate surface area is 141 Å². The summed E-state index contributed by atoms with van der Waals surface area (Å²) in [6.45, 7) is 7.43. The van der Waals surface area contributed by atoms with Crippen molar-refractivity contribution in [3.63, 3.8) is 0 Å². The lowest BCUT2D eigenvalue weighted by Gasteiger charge is -2.16. The smallest absolute Gasteiger partial charge is 0.315 e. The minimum absolute atomic E-state index is 0.0368. The number of nitrogens with one attached hydrogen (secondary N) is 2. The molecule has 0 spiro atoms. The van der Waals surface area contributed by atoms with Crippen LogP contribution in [0, 0.1) is 0 Å². The molecule has 8 heteroatoms. The Morgan fingerprint density at radius 1 is 1.12 bits per heavy atom. The molecule has 0 saturated carbocycles. The van der Waals surface area contributed by atoms with E-state index in [9.17, 15) is 9.59 Å². The molecule has 2 aromatic rings. The highest BCUT2D eigenvalue weighted by atomic mass is 28.3. The van der Waals surface area contributed by atoms with Crippen LogP contribution in [0.15, 0.2) is 34.9 Å². The number of aromatic nitrogens is 1. The summed E-state index contributed by atoms with van der Waals surface area (Å²) >= 11 is 0. The fraction of sp³-hybridized carbons (Fsp3) is 0.312. The van der Waals surface area contributed by atoms with Crippen molar-refractivity contribution < 1.29 is 14.1 Å². The van der Waals surface area contributed by atoms with Crippen LogP contribution in [0.1, 0.15) is 21.8 Å². The van der Waals surface area contributed by atoms with Crippen molar-refractivity contribution in [3.8, 4) is 0 Å². The van der Waals surface area contributed by atoms with Crippen molar-refractivity contribution in [2.75, 3.05) is 0 Å². The van der Waals surface area contributed by atoms with Gasteiger partial charge in [-0.15, -0.1) is 0 Å². The molecule has 128 valence electrons. The van der Waals surface area contributed by atoms with Gasteiger partial charge in [0.2, 0.25) is 0 Å². The highest BCUT2D eigenvalue weighted by molar-refractivity contribution is 6.88. The van der Waals surface area contributed by atoms with E-state index in [2.05, 4.69) is 47.6 Å². The first-order chi connectivity index (χ1) is 11.3. The molecule has 1 aromatic heterocycles. The van der Waals surface area contributed by atoms with Crippen LogP contribution >= 0.6 is 0 Å². The molecule has 0 radical (unpaired) electrons. The second-order valence-electron chi connectivity index (χ2n) is 6.53. The molecule has 0 unspecified atom stereocenters. The van der Waals surface area contributed by atoms with E-state index in [1.165, 1.54) is 11.3 Å². The Hall–Kier alpha value is -2.61. The number of urea groups is 1. The summed E-state index contributed by atoms with van der Waals surface area (Å²) in [5.74, 6) is -0.311. The Kier molecular flexibility index (Phi) is 5.40. The number of hydrogen-bond donors (Lipinski definition) is 3. The zero-order valence-electron chi connectivity index (χ0n) is 14.1. The number of nitrogens with zero attached hydrogens (tertiary/aromatic N) is 1. The quantitative estimate of drug-likeness (QED) is 0.685. The van der Waals surface area contributed by atoms with Crippen molar-refractivity contribution in [2.24, 2.45) is 5.73 Å². The lowest BCUT2D eigenvalue weighted by Crippen LogP contribution is -2.37. The molecule has 24 heavy (non-hydrogen) atoms. The molecule has 7 nitrogen and oxygen atoms in total. The maximum Gasteiger partial charge on any atom is 0.315 e. The van der Waals surface area contributed by atoms with Gasteiger partial charge in [-0.2, -0.15) is 0 Å². The molecule has 0 bridgehead atoms. The van der Waals surface area contributed by atoms with Gasteiger partial charge in [0.1, 0.15) is 0 Å². The van der Waals surface area contributed by atoms with E-state index in [0.717, 1.165) is 5.56 Å². The summed E-state index contributed by atoms with van der Waals surface area (Å²) in [6.07, 6.45) is 0. The zero-order valence-corrected chi connectivity index (χ0v) is 15.1. The van der Waals surface area contributed by atoms with Crippen LogP contribution in [0.25, 0.3) is 0 Å². The maximum absolute atomic E-state index is 11.8. The highest BCUT2D eigenvalue weighted by Crippen LogP contribution is 2.05. The molecular formula is C16H22N4O3Si. The van der Waals surface area contributed by atoms with Crippen LogP contribution in [0.5, 0.6) is 0 Å². The number of primary amides is 1. The zero-order chi connectivity index (χ0) is 17.7. The maximum atomic E-state index is 11.8. The second kappa shape index (κ2) is 7.31. The molecule has 0 saturated heterocycles. The number of benzene rings is 1. The second-order valence-corrected chi connectivity index (χ2v) is 11.6. The van der Waals surface area contributed by atoms with E-state index in [4.69, 9.17) is 10.3 Å². The first-order valence-corrected chi connectivity index (χ1v) is 11.1. The van der Waals surface area contributed by atoms with Gasteiger partial charge in [0.25, 0.3) is 5.91 Å². The Bertz CT molecular complexity index is 720. The summed E-state index contributed by atoms with van der Waals surface area (Å²) in [4.78, 5) is 22.7. The topological polar surface area (TPSA) is 110 Å². The molecule has 0 aliphatic rings. The third-order valence-electron chi connectivity index (χ3n) is 3.51. The van der Waals surface area contributed by atoms with E-state index in [1.54, 1.807) is 0 Å². The molecule has 0 atom stereocenters. The number of rotatable bonds is 6. The monoisotopic (exact) mass is 346 g/mol. The van der Waals surface area contributed by atoms with E-state index in [1.807, 2.05) is 12.1 Å². The van der Waals surface area contributed by atoms with Crippen LogP contribution in [0.4, 0.5) is 4.79 Å². The van der Waals surface area contributed by atoms with Crippen LogP contribution < -0.4 is 21.6 Å². The van der Waals surface area contributed by atoms with E-state index in [0.29, 0.717) is 12.3 Å². The van der Waals surface area contributed by atoms with Crippen LogP contribution in [-0.2, 0) is 13.1 Å². The number of amides is 3. The number of hydrogen-bond acceptors (Lipinski definition) is 4. The molecule has 1 heterocycles. The van der Waals surface area contributed by atoms with Gasteiger partial charge in [-0.3, -0.25) is 4.79 Å². The fourth-order valence-electron chi connectivity index (χ4n) is 2.05. The third-order valence-corrected chi connectivity index (χ3v) is 5.57. The molecule has 0 aliphatic carbocycles. The number of carbonyl (C=O) groups excluding carboxylic acids is 2. The third kappa shape index (κ3) is 4.95. The van der Waals surface area contributed by atoms with Crippen molar-refractivity contribution in [2.45, 2.75) is 32.7 Å². The molecular weight excluding hydrogens is 324 g/mol. The fourth-order valence-corrected chi connectivity index (χ4v) is 3.21. The molecule has 0 fully saturated rings. The van der Waals surface area contributed by atoms with Crippen LogP contribution in [-0.4, -0.2) is 25.2 Å². The van der Waals surface area contributed by atoms with Crippen molar-refractivity contribution >= 4 is 25.2 Å². The Balaban J connectivity index is 1.79. The summed E-state index contributed by atoms with van der Waals surface area (Å²) < 4.78 is 4.89. The lowest BCUT2D eigenvalue weighted by atomic mass is 10.2. The average Bonchev–Trinajstić information content (AvgIpc) is 3.00.